The third kappa shape index (κ3) is 4.89. The van der Waals surface area contributed by atoms with Crippen molar-refractivity contribution in [3.8, 4) is 0 Å². The van der Waals surface area contributed by atoms with Crippen LogP contribution in [0.3, 0.4) is 0 Å². The first-order valence-electron chi connectivity index (χ1n) is 6.62. The Kier molecular flexibility index (Phi) is 5.63. The van der Waals surface area contributed by atoms with Crippen LogP contribution in [-0.4, -0.2) is 24.4 Å². The van der Waals surface area contributed by atoms with Crippen molar-refractivity contribution in [3.05, 3.63) is 64.1 Å². The lowest BCUT2D eigenvalue weighted by Gasteiger charge is -2.16. The molecule has 2 rings (SSSR count). The van der Waals surface area contributed by atoms with Crippen molar-refractivity contribution in [1.82, 2.24) is 4.90 Å². The first kappa shape index (κ1) is 16.6. The number of carbonyl (C=O) groups excluding carboxylic acids is 1. The summed E-state index contributed by atoms with van der Waals surface area (Å²) in [6.45, 7) is 0.500. The molecule has 0 aliphatic carbocycles. The van der Waals surface area contributed by atoms with E-state index in [-0.39, 0.29) is 24.0 Å². The molecule has 0 fully saturated rings. The summed E-state index contributed by atoms with van der Waals surface area (Å²) in [5, 5.41) is 2.51. The molecule has 0 atom stereocenters. The number of amides is 1. The highest BCUT2D eigenvalue weighted by Gasteiger charge is 2.10. The van der Waals surface area contributed by atoms with Crippen LogP contribution in [0.5, 0.6) is 0 Å². The fourth-order valence-electron chi connectivity index (χ4n) is 2.03. The van der Waals surface area contributed by atoms with Gasteiger partial charge in [-0.3, -0.25) is 9.69 Å². The molecule has 0 bridgehead atoms. The molecule has 116 valence electrons. The Labute approximate surface area is 136 Å². The maximum Gasteiger partial charge on any atom is 0.238 e. The van der Waals surface area contributed by atoms with E-state index in [4.69, 9.17) is 0 Å². The summed E-state index contributed by atoms with van der Waals surface area (Å²) >= 11 is 3.15. The number of rotatable bonds is 5. The number of anilines is 1. The van der Waals surface area contributed by atoms with E-state index in [0.717, 1.165) is 5.56 Å². The van der Waals surface area contributed by atoms with E-state index in [2.05, 4.69) is 21.2 Å². The normalized spacial score (nSPS) is 10.8. The second-order valence-electron chi connectivity index (χ2n) is 4.97. The summed E-state index contributed by atoms with van der Waals surface area (Å²) in [4.78, 5) is 13.6. The zero-order chi connectivity index (χ0) is 16.1. The Hall–Kier alpha value is -1.79. The van der Waals surface area contributed by atoms with E-state index in [1.165, 1.54) is 24.3 Å². The summed E-state index contributed by atoms with van der Waals surface area (Å²) in [5.41, 5.74) is 0.900. The van der Waals surface area contributed by atoms with Gasteiger partial charge in [-0.25, -0.2) is 8.78 Å². The van der Waals surface area contributed by atoms with Crippen molar-refractivity contribution in [2.24, 2.45) is 0 Å². The number of hydrogen-bond donors (Lipinski definition) is 1. The molecule has 2 aromatic rings. The van der Waals surface area contributed by atoms with Crippen LogP contribution < -0.4 is 5.32 Å². The van der Waals surface area contributed by atoms with E-state index in [1.54, 1.807) is 30.1 Å². The summed E-state index contributed by atoms with van der Waals surface area (Å²) < 4.78 is 27.3. The van der Waals surface area contributed by atoms with Gasteiger partial charge in [0.25, 0.3) is 0 Å². The van der Waals surface area contributed by atoms with Crippen LogP contribution in [-0.2, 0) is 11.3 Å². The van der Waals surface area contributed by atoms with Gasteiger partial charge in [-0.05, 0) is 42.9 Å². The Morgan fingerprint density at radius 3 is 2.68 bits per heavy atom. The fourth-order valence-corrected chi connectivity index (χ4v) is 2.36. The monoisotopic (exact) mass is 368 g/mol. The van der Waals surface area contributed by atoms with Crippen molar-refractivity contribution >= 4 is 27.5 Å². The lowest BCUT2D eigenvalue weighted by atomic mass is 10.2. The van der Waals surface area contributed by atoms with Gasteiger partial charge in [0.1, 0.15) is 11.6 Å². The highest BCUT2D eigenvalue weighted by atomic mass is 79.9. The maximum atomic E-state index is 13.6. The molecule has 0 spiro atoms. The average Bonchev–Trinajstić information content (AvgIpc) is 2.41. The van der Waals surface area contributed by atoms with Crippen LogP contribution in [0.15, 0.2) is 46.9 Å². The van der Waals surface area contributed by atoms with Gasteiger partial charge in [-0.1, -0.05) is 28.1 Å². The molecule has 0 saturated heterocycles. The zero-order valence-electron chi connectivity index (χ0n) is 11.9. The van der Waals surface area contributed by atoms with Crippen LogP contribution in [0.1, 0.15) is 5.56 Å². The zero-order valence-corrected chi connectivity index (χ0v) is 13.5. The van der Waals surface area contributed by atoms with Crippen molar-refractivity contribution in [2.75, 3.05) is 18.9 Å². The Bertz CT molecular complexity index is 679. The van der Waals surface area contributed by atoms with Crippen molar-refractivity contribution in [2.45, 2.75) is 6.54 Å². The molecule has 3 nitrogen and oxygen atoms in total. The van der Waals surface area contributed by atoms with Gasteiger partial charge >= 0.3 is 0 Å². The molecule has 0 aliphatic rings. The van der Waals surface area contributed by atoms with Crippen LogP contribution in [0.2, 0.25) is 0 Å². The molecular weight excluding hydrogens is 354 g/mol. The molecule has 1 N–H and O–H groups in total. The van der Waals surface area contributed by atoms with Gasteiger partial charge < -0.3 is 5.32 Å². The van der Waals surface area contributed by atoms with E-state index in [9.17, 15) is 13.6 Å². The summed E-state index contributed by atoms with van der Waals surface area (Å²) in [6.07, 6.45) is 0. The second-order valence-corrected chi connectivity index (χ2v) is 5.89. The van der Waals surface area contributed by atoms with Gasteiger partial charge in [-0.2, -0.15) is 0 Å². The number of nitrogens with one attached hydrogen (secondary N) is 1. The number of nitrogens with zero attached hydrogens (tertiary/aromatic N) is 1. The quantitative estimate of drug-likeness (QED) is 0.870. The van der Waals surface area contributed by atoms with E-state index in [1.807, 2.05) is 0 Å². The minimum atomic E-state index is -0.504. The van der Waals surface area contributed by atoms with E-state index in [0.29, 0.717) is 11.0 Å². The third-order valence-electron chi connectivity index (χ3n) is 2.96. The standard InChI is InChI=1S/C16H15BrF2N2O/c1-21(9-11-3-2-4-13(18)7-11)10-16(22)20-15-6-5-12(17)8-14(15)19/h2-8H,9-10H2,1H3,(H,20,22). The lowest BCUT2D eigenvalue weighted by Crippen LogP contribution is -2.30. The molecule has 1 amide bonds. The third-order valence-corrected chi connectivity index (χ3v) is 3.45. The maximum absolute atomic E-state index is 13.6. The predicted molar refractivity (Wildman–Crippen MR) is 85.5 cm³/mol. The highest BCUT2D eigenvalue weighted by Crippen LogP contribution is 2.19. The van der Waals surface area contributed by atoms with Gasteiger partial charge in [0, 0.05) is 11.0 Å². The van der Waals surface area contributed by atoms with E-state index < -0.39 is 5.82 Å². The fraction of sp³-hybridized carbons (Fsp3) is 0.188. The molecule has 22 heavy (non-hydrogen) atoms. The van der Waals surface area contributed by atoms with Crippen molar-refractivity contribution in [1.29, 1.82) is 0 Å². The first-order valence-corrected chi connectivity index (χ1v) is 7.41. The number of carbonyl (C=O) groups is 1. The van der Waals surface area contributed by atoms with Gasteiger partial charge in [0.15, 0.2) is 0 Å². The van der Waals surface area contributed by atoms with Gasteiger partial charge in [-0.15, -0.1) is 0 Å². The largest absolute Gasteiger partial charge is 0.322 e. The minimum absolute atomic E-state index is 0.0754. The Morgan fingerprint density at radius 2 is 2.00 bits per heavy atom. The van der Waals surface area contributed by atoms with Gasteiger partial charge in [0.05, 0.1) is 12.2 Å². The SMILES string of the molecule is CN(CC(=O)Nc1ccc(Br)cc1F)Cc1cccc(F)c1. The molecular formula is C16H15BrF2N2O. The highest BCUT2D eigenvalue weighted by molar-refractivity contribution is 9.10. The molecule has 0 saturated carbocycles. The molecule has 6 heteroatoms. The van der Waals surface area contributed by atoms with Crippen molar-refractivity contribution in [3.63, 3.8) is 0 Å². The number of benzene rings is 2. The van der Waals surface area contributed by atoms with Crippen LogP contribution >= 0.6 is 15.9 Å². The van der Waals surface area contributed by atoms with Gasteiger partial charge in [0.2, 0.25) is 5.91 Å². The summed E-state index contributed by atoms with van der Waals surface area (Å²) in [5.74, 6) is -1.15. The molecule has 0 radical (unpaired) electrons. The molecule has 0 unspecified atom stereocenters. The van der Waals surface area contributed by atoms with Crippen LogP contribution in [0.4, 0.5) is 14.5 Å². The topological polar surface area (TPSA) is 32.3 Å². The Morgan fingerprint density at radius 1 is 1.23 bits per heavy atom. The molecule has 0 heterocycles. The lowest BCUT2D eigenvalue weighted by molar-refractivity contribution is -0.117. The number of halogens is 3. The molecule has 0 aromatic heterocycles. The van der Waals surface area contributed by atoms with Crippen molar-refractivity contribution < 1.29 is 13.6 Å². The van der Waals surface area contributed by atoms with Crippen LogP contribution in [0.25, 0.3) is 0 Å². The Balaban J connectivity index is 1.91. The smallest absolute Gasteiger partial charge is 0.238 e. The minimum Gasteiger partial charge on any atom is -0.322 e. The predicted octanol–water partition coefficient (Wildman–Crippen LogP) is 3.80. The number of hydrogen-bond acceptors (Lipinski definition) is 2. The molecule has 2 aromatic carbocycles. The summed E-state index contributed by atoms with van der Waals surface area (Å²) in [6, 6.07) is 10.6. The summed E-state index contributed by atoms with van der Waals surface area (Å²) in [7, 11) is 1.74. The van der Waals surface area contributed by atoms with E-state index >= 15 is 0 Å². The average molecular weight is 369 g/mol. The number of likely N-dealkylation sites (N-methyl/N-ethyl adjacent to an activating group) is 1. The first-order chi connectivity index (χ1) is 10.4. The second kappa shape index (κ2) is 7.47. The van der Waals surface area contributed by atoms with Crippen LogP contribution in [0, 0.1) is 11.6 Å². The molecule has 0 aliphatic heterocycles.